The van der Waals surface area contributed by atoms with Crippen molar-refractivity contribution >= 4 is 27.4 Å². The third-order valence-electron chi connectivity index (χ3n) is 2.69. The van der Waals surface area contributed by atoms with Crippen molar-refractivity contribution in [2.24, 2.45) is 5.41 Å². The molecule has 0 amide bonds. The van der Waals surface area contributed by atoms with E-state index in [0.717, 1.165) is 10.3 Å². The number of pyridine rings is 1. The second-order valence-electron chi connectivity index (χ2n) is 4.49. The minimum absolute atomic E-state index is 0.405. The van der Waals surface area contributed by atoms with Gasteiger partial charge in [-0.1, -0.05) is 13.8 Å². The monoisotopic (exact) mass is 255 g/mol. The molecule has 1 atom stereocenters. The van der Waals surface area contributed by atoms with Crippen molar-refractivity contribution < 1.29 is 0 Å². The summed E-state index contributed by atoms with van der Waals surface area (Å²) in [5.41, 5.74) is 6.69. The quantitative estimate of drug-likeness (QED) is 0.855. The van der Waals surface area contributed by atoms with Crippen LogP contribution in [0.5, 0.6) is 0 Å². The minimum Gasteiger partial charge on any atom is -0.397 e. The summed E-state index contributed by atoms with van der Waals surface area (Å²) in [7, 11) is 0. The van der Waals surface area contributed by atoms with Crippen LogP contribution in [-0.4, -0.2) is 11.0 Å². The molecule has 2 rings (SSSR count). The molecule has 1 unspecified atom stereocenters. The van der Waals surface area contributed by atoms with Gasteiger partial charge in [-0.3, -0.25) is 0 Å². The molecule has 0 aromatic carbocycles. The molecule has 1 aromatic rings. The van der Waals surface area contributed by atoms with Crippen molar-refractivity contribution in [2.75, 3.05) is 11.1 Å². The average Bonchev–Trinajstić information content (AvgIpc) is 2.65. The molecule has 1 aliphatic rings. The number of nitrogens with two attached hydrogens (primary N) is 1. The summed E-state index contributed by atoms with van der Waals surface area (Å²) in [6, 6.07) is 2.40. The van der Waals surface area contributed by atoms with Gasteiger partial charge in [0.2, 0.25) is 0 Å². The lowest BCUT2D eigenvalue weighted by atomic mass is 10.2. The zero-order chi connectivity index (χ0) is 10.3. The van der Waals surface area contributed by atoms with Gasteiger partial charge < -0.3 is 11.1 Å². The average molecular weight is 256 g/mol. The van der Waals surface area contributed by atoms with Crippen LogP contribution in [-0.2, 0) is 0 Å². The van der Waals surface area contributed by atoms with Gasteiger partial charge in [-0.2, -0.15) is 0 Å². The van der Waals surface area contributed by atoms with E-state index in [4.69, 9.17) is 5.73 Å². The molecule has 76 valence electrons. The van der Waals surface area contributed by atoms with Crippen molar-refractivity contribution in [3.63, 3.8) is 0 Å². The molecule has 4 heteroatoms. The molecule has 1 heterocycles. The Bertz CT molecular complexity index is 362. The molecular weight excluding hydrogens is 242 g/mol. The number of nitrogen functional groups attached to an aromatic ring is 1. The van der Waals surface area contributed by atoms with E-state index in [1.54, 1.807) is 6.20 Å². The molecule has 3 N–H and O–H groups in total. The first-order valence-electron chi connectivity index (χ1n) is 4.66. The smallest absolute Gasteiger partial charge is 0.140 e. The predicted octanol–water partition coefficient (Wildman–Crippen LogP) is 2.64. The van der Waals surface area contributed by atoms with Crippen LogP contribution in [0.2, 0.25) is 0 Å². The van der Waals surface area contributed by atoms with E-state index in [1.165, 1.54) is 6.42 Å². The molecule has 3 nitrogen and oxygen atoms in total. The Kier molecular flexibility index (Phi) is 2.18. The largest absolute Gasteiger partial charge is 0.397 e. The fourth-order valence-electron chi connectivity index (χ4n) is 1.44. The van der Waals surface area contributed by atoms with E-state index in [9.17, 15) is 0 Å². The minimum atomic E-state index is 0.405. The van der Waals surface area contributed by atoms with E-state index in [-0.39, 0.29) is 0 Å². The Morgan fingerprint density at radius 3 is 2.79 bits per heavy atom. The Labute approximate surface area is 92.2 Å². The fourth-order valence-corrected chi connectivity index (χ4v) is 1.92. The first-order valence-corrected chi connectivity index (χ1v) is 5.46. The van der Waals surface area contributed by atoms with Crippen LogP contribution in [0.15, 0.2) is 16.7 Å². The van der Waals surface area contributed by atoms with Crippen LogP contribution >= 0.6 is 15.9 Å². The van der Waals surface area contributed by atoms with Gasteiger partial charge in [0.15, 0.2) is 0 Å². The van der Waals surface area contributed by atoms with Gasteiger partial charge in [0.25, 0.3) is 0 Å². The van der Waals surface area contributed by atoms with E-state index < -0.39 is 0 Å². The lowest BCUT2D eigenvalue weighted by molar-refractivity contribution is 0.630. The van der Waals surface area contributed by atoms with Gasteiger partial charge in [0.05, 0.1) is 16.4 Å². The maximum atomic E-state index is 5.61. The topological polar surface area (TPSA) is 50.9 Å². The summed E-state index contributed by atoms with van der Waals surface area (Å²) in [6.07, 6.45) is 2.87. The van der Waals surface area contributed by atoms with Crippen LogP contribution in [0, 0.1) is 5.41 Å². The molecule has 0 spiro atoms. The number of halogens is 1. The lowest BCUT2D eigenvalue weighted by Crippen LogP contribution is -2.10. The van der Waals surface area contributed by atoms with Crippen LogP contribution in [0.4, 0.5) is 11.5 Å². The van der Waals surface area contributed by atoms with Crippen molar-refractivity contribution in [1.82, 2.24) is 4.98 Å². The molecule has 0 radical (unpaired) electrons. The highest BCUT2D eigenvalue weighted by Crippen LogP contribution is 2.46. The summed E-state index contributed by atoms with van der Waals surface area (Å²) in [4.78, 5) is 4.24. The molecule has 0 aliphatic heterocycles. The van der Waals surface area contributed by atoms with Crippen LogP contribution < -0.4 is 11.1 Å². The fraction of sp³-hybridized carbons (Fsp3) is 0.500. The standard InChI is InChI=1S/C10H14BrN3/c1-10(2)4-8(10)14-9-7(11)3-6(12)5-13-9/h3,5,8H,4,12H2,1-2H3,(H,13,14). The van der Waals surface area contributed by atoms with Crippen molar-refractivity contribution in [2.45, 2.75) is 26.3 Å². The van der Waals surface area contributed by atoms with Crippen molar-refractivity contribution in [1.29, 1.82) is 0 Å². The zero-order valence-electron chi connectivity index (χ0n) is 8.34. The Morgan fingerprint density at radius 2 is 2.29 bits per heavy atom. The number of rotatable bonds is 2. The zero-order valence-corrected chi connectivity index (χ0v) is 9.93. The molecular formula is C10H14BrN3. The van der Waals surface area contributed by atoms with Crippen molar-refractivity contribution in [3.05, 3.63) is 16.7 Å². The number of anilines is 2. The van der Waals surface area contributed by atoms with Gasteiger partial charge in [0.1, 0.15) is 5.82 Å². The third kappa shape index (κ3) is 1.85. The van der Waals surface area contributed by atoms with Gasteiger partial charge >= 0.3 is 0 Å². The van der Waals surface area contributed by atoms with E-state index in [1.807, 2.05) is 6.07 Å². The number of nitrogens with one attached hydrogen (secondary N) is 1. The molecule has 1 aliphatic carbocycles. The summed E-state index contributed by atoms with van der Waals surface area (Å²) < 4.78 is 0.931. The van der Waals surface area contributed by atoms with Crippen molar-refractivity contribution in [3.8, 4) is 0 Å². The second-order valence-corrected chi connectivity index (χ2v) is 5.34. The molecule has 0 saturated heterocycles. The maximum Gasteiger partial charge on any atom is 0.140 e. The lowest BCUT2D eigenvalue weighted by Gasteiger charge is -2.09. The van der Waals surface area contributed by atoms with Crippen LogP contribution in [0.25, 0.3) is 0 Å². The van der Waals surface area contributed by atoms with E-state index in [0.29, 0.717) is 17.1 Å². The summed E-state index contributed by atoms with van der Waals surface area (Å²) in [5, 5.41) is 3.39. The summed E-state index contributed by atoms with van der Waals surface area (Å²) in [5.74, 6) is 0.884. The highest BCUT2D eigenvalue weighted by molar-refractivity contribution is 9.10. The number of aromatic nitrogens is 1. The molecule has 14 heavy (non-hydrogen) atoms. The molecule has 1 aromatic heterocycles. The Hall–Kier alpha value is -0.770. The van der Waals surface area contributed by atoms with Gasteiger partial charge in [-0.05, 0) is 33.8 Å². The van der Waals surface area contributed by atoms with Crippen LogP contribution in [0.1, 0.15) is 20.3 Å². The Balaban J connectivity index is 2.11. The predicted molar refractivity (Wildman–Crippen MR) is 62.2 cm³/mol. The van der Waals surface area contributed by atoms with Gasteiger partial charge in [-0.25, -0.2) is 4.98 Å². The number of hydrogen-bond acceptors (Lipinski definition) is 3. The number of nitrogens with zero attached hydrogens (tertiary/aromatic N) is 1. The van der Waals surface area contributed by atoms with E-state index in [2.05, 4.69) is 40.1 Å². The highest BCUT2D eigenvalue weighted by atomic mass is 79.9. The van der Waals surface area contributed by atoms with E-state index >= 15 is 0 Å². The third-order valence-corrected chi connectivity index (χ3v) is 3.29. The molecule has 0 bridgehead atoms. The SMILES string of the molecule is CC1(C)CC1Nc1ncc(N)cc1Br. The molecule has 1 saturated carbocycles. The maximum absolute atomic E-state index is 5.61. The molecule has 1 fully saturated rings. The van der Waals surface area contributed by atoms with Gasteiger partial charge in [-0.15, -0.1) is 0 Å². The first-order chi connectivity index (χ1) is 6.49. The summed E-state index contributed by atoms with van der Waals surface area (Å²) >= 11 is 3.44. The Morgan fingerprint density at radius 1 is 1.64 bits per heavy atom. The van der Waals surface area contributed by atoms with Gasteiger partial charge in [0, 0.05) is 6.04 Å². The number of hydrogen-bond donors (Lipinski definition) is 2. The second kappa shape index (κ2) is 3.12. The first kappa shape index (κ1) is 9.77. The van der Waals surface area contributed by atoms with Crippen LogP contribution in [0.3, 0.4) is 0 Å². The normalized spacial score (nSPS) is 23.2. The summed E-state index contributed by atoms with van der Waals surface area (Å²) in [6.45, 7) is 4.49. The highest BCUT2D eigenvalue weighted by Gasteiger charge is 2.45.